The molecule has 0 fully saturated rings. The maximum absolute atomic E-state index is 13.3. The minimum Gasteiger partial charge on any atom is -0.478 e. The normalized spacial score (nSPS) is 13.2. The van der Waals surface area contributed by atoms with Crippen molar-refractivity contribution in [2.45, 2.75) is 20.3 Å². The molecule has 1 heterocycles. The lowest BCUT2D eigenvalue weighted by Gasteiger charge is -2.08. The first kappa shape index (κ1) is 11.6. The molecule has 1 aromatic carbocycles. The Bertz CT molecular complexity index is 515. The topological polar surface area (TPSA) is 45.4 Å². The van der Waals surface area contributed by atoms with E-state index in [-0.39, 0.29) is 12.4 Å². The van der Waals surface area contributed by atoms with E-state index in [0.29, 0.717) is 23.8 Å². The van der Waals surface area contributed by atoms with Crippen molar-refractivity contribution < 1.29 is 9.13 Å². The molecule has 0 atom stereocenters. The van der Waals surface area contributed by atoms with Gasteiger partial charge in [-0.05, 0) is 5.92 Å². The van der Waals surface area contributed by atoms with Gasteiger partial charge in [0.25, 0.3) is 0 Å². The second kappa shape index (κ2) is 4.54. The summed E-state index contributed by atoms with van der Waals surface area (Å²) in [5.41, 5.74) is 2.53. The molecule has 0 spiro atoms. The summed E-state index contributed by atoms with van der Waals surface area (Å²) < 4.78 is 18.6. The van der Waals surface area contributed by atoms with Gasteiger partial charge in [-0.25, -0.2) is 4.39 Å². The number of nitriles is 1. The van der Waals surface area contributed by atoms with Crippen LogP contribution in [0.25, 0.3) is 0 Å². The molecule has 88 valence electrons. The first-order valence-electron chi connectivity index (χ1n) is 5.51. The minimum absolute atomic E-state index is 0.0765. The summed E-state index contributed by atoms with van der Waals surface area (Å²) in [6.45, 7) is 4.03. The zero-order chi connectivity index (χ0) is 12.4. The lowest BCUT2D eigenvalue weighted by atomic mass is 10.0. The molecule has 0 amide bonds. The standard InChI is InChI=1S/C13H13FN2O/c1-8(2)11-7-10-12(16-11)5-9(14)6-13(10)17-4-3-15/h5-6,8H,4,7H2,1-2H3. The third-order valence-electron chi connectivity index (χ3n) is 2.73. The average molecular weight is 232 g/mol. The van der Waals surface area contributed by atoms with Crippen molar-refractivity contribution in [2.24, 2.45) is 10.9 Å². The van der Waals surface area contributed by atoms with Gasteiger partial charge in [-0.1, -0.05) is 13.8 Å². The molecule has 0 saturated carbocycles. The highest BCUT2D eigenvalue weighted by Crippen LogP contribution is 2.36. The summed E-state index contributed by atoms with van der Waals surface area (Å²) in [6.07, 6.45) is 0.675. The highest BCUT2D eigenvalue weighted by atomic mass is 19.1. The maximum Gasteiger partial charge on any atom is 0.174 e. The Hall–Kier alpha value is -1.89. The third-order valence-corrected chi connectivity index (χ3v) is 2.73. The predicted molar refractivity (Wildman–Crippen MR) is 63.1 cm³/mol. The number of fused-ring (bicyclic) bond motifs is 1. The second-order valence-corrected chi connectivity index (χ2v) is 4.28. The van der Waals surface area contributed by atoms with Gasteiger partial charge in [0.1, 0.15) is 17.6 Å². The van der Waals surface area contributed by atoms with Gasteiger partial charge in [-0.3, -0.25) is 4.99 Å². The Morgan fingerprint density at radius 2 is 2.29 bits per heavy atom. The summed E-state index contributed by atoms with van der Waals surface area (Å²) in [4.78, 5) is 4.39. The van der Waals surface area contributed by atoms with Crippen molar-refractivity contribution in [1.82, 2.24) is 0 Å². The van der Waals surface area contributed by atoms with Crippen LogP contribution in [0.2, 0.25) is 0 Å². The van der Waals surface area contributed by atoms with E-state index in [1.54, 1.807) is 0 Å². The summed E-state index contributed by atoms with van der Waals surface area (Å²) in [6, 6.07) is 4.60. The minimum atomic E-state index is -0.384. The van der Waals surface area contributed by atoms with Crippen LogP contribution < -0.4 is 4.74 Å². The van der Waals surface area contributed by atoms with Gasteiger partial charge < -0.3 is 4.74 Å². The van der Waals surface area contributed by atoms with Gasteiger partial charge in [0, 0.05) is 29.8 Å². The molecule has 1 aromatic rings. The fraction of sp³-hybridized carbons (Fsp3) is 0.385. The van der Waals surface area contributed by atoms with E-state index in [4.69, 9.17) is 10.00 Å². The number of nitrogens with zero attached hydrogens (tertiary/aromatic N) is 2. The fourth-order valence-corrected chi connectivity index (χ4v) is 1.82. The van der Waals surface area contributed by atoms with Crippen LogP contribution in [-0.4, -0.2) is 12.3 Å². The van der Waals surface area contributed by atoms with Crippen LogP contribution in [0.1, 0.15) is 19.4 Å². The van der Waals surface area contributed by atoms with Gasteiger partial charge in [0.2, 0.25) is 0 Å². The van der Waals surface area contributed by atoms with Crippen LogP contribution in [0, 0.1) is 23.1 Å². The number of aliphatic imine (C=N–C) groups is 1. The number of halogens is 1. The van der Waals surface area contributed by atoms with Gasteiger partial charge >= 0.3 is 0 Å². The second-order valence-electron chi connectivity index (χ2n) is 4.28. The third kappa shape index (κ3) is 2.28. The van der Waals surface area contributed by atoms with E-state index in [2.05, 4.69) is 18.8 Å². The monoisotopic (exact) mass is 232 g/mol. The Morgan fingerprint density at radius 3 is 2.94 bits per heavy atom. The van der Waals surface area contributed by atoms with Crippen molar-refractivity contribution in [3.63, 3.8) is 0 Å². The Labute approximate surface area is 99.5 Å². The number of benzene rings is 1. The van der Waals surface area contributed by atoms with E-state index in [0.717, 1.165) is 11.3 Å². The van der Waals surface area contributed by atoms with E-state index in [1.807, 2.05) is 6.07 Å². The van der Waals surface area contributed by atoms with Crippen LogP contribution in [0.5, 0.6) is 5.75 Å². The Kier molecular flexibility index (Phi) is 3.10. The lowest BCUT2D eigenvalue weighted by molar-refractivity contribution is 0.363. The van der Waals surface area contributed by atoms with Gasteiger partial charge in [-0.2, -0.15) is 5.26 Å². The highest BCUT2D eigenvalue weighted by Gasteiger charge is 2.22. The van der Waals surface area contributed by atoms with Crippen LogP contribution in [0.15, 0.2) is 17.1 Å². The van der Waals surface area contributed by atoms with Crippen molar-refractivity contribution in [1.29, 1.82) is 5.26 Å². The van der Waals surface area contributed by atoms with Gasteiger partial charge in [0.05, 0.1) is 5.69 Å². The first-order valence-corrected chi connectivity index (χ1v) is 5.51. The molecule has 0 aliphatic carbocycles. The van der Waals surface area contributed by atoms with Crippen LogP contribution in [0.3, 0.4) is 0 Å². The van der Waals surface area contributed by atoms with Crippen molar-refractivity contribution in [3.05, 3.63) is 23.5 Å². The molecule has 0 N–H and O–H groups in total. The molecule has 17 heavy (non-hydrogen) atoms. The molecule has 0 saturated heterocycles. The van der Waals surface area contributed by atoms with Crippen molar-refractivity contribution >= 4 is 11.4 Å². The highest BCUT2D eigenvalue weighted by molar-refractivity contribution is 5.96. The Morgan fingerprint density at radius 1 is 1.53 bits per heavy atom. The SMILES string of the molecule is CC(C)C1=Nc2cc(F)cc(OCC#N)c2C1. The summed E-state index contributed by atoms with van der Waals surface area (Å²) in [5, 5.41) is 8.49. The van der Waals surface area contributed by atoms with E-state index in [1.165, 1.54) is 12.1 Å². The van der Waals surface area contributed by atoms with Crippen molar-refractivity contribution in [3.8, 4) is 11.8 Å². The molecule has 0 aromatic heterocycles. The quantitative estimate of drug-likeness (QED) is 0.804. The van der Waals surface area contributed by atoms with Gasteiger partial charge in [-0.15, -0.1) is 0 Å². The number of hydrogen-bond acceptors (Lipinski definition) is 3. The molecule has 2 rings (SSSR count). The largest absolute Gasteiger partial charge is 0.478 e. The van der Waals surface area contributed by atoms with E-state index in [9.17, 15) is 4.39 Å². The molecule has 4 heteroatoms. The molecule has 3 nitrogen and oxygen atoms in total. The van der Waals surface area contributed by atoms with Crippen LogP contribution in [0.4, 0.5) is 10.1 Å². The van der Waals surface area contributed by atoms with Crippen LogP contribution in [-0.2, 0) is 6.42 Å². The van der Waals surface area contributed by atoms with Crippen molar-refractivity contribution in [2.75, 3.05) is 6.61 Å². The number of hydrogen-bond donors (Lipinski definition) is 0. The molecular formula is C13H13FN2O. The zero-order valence-corrected chi connectivity index (χ0v) is 9.83. The van der Waals surface area contributed by atoms with Gasteiger partial charge in [0.15, 0.2) is 6.61 Å². The smallest absolute Gasteiger partial charge is 0.174 e. The van der Waals surface area contributed by atoms with E-state index >= 15 is 0 Å². The molecule has 1 aliphatic rings. The molecule has 0 unspecified atom stereocenters. The summed E-state index contributed by atoms with van der Waals surface area (Å²) in [7, 11) is 0. The van der Waals surface area contributed by atoms with Crippen LogP contribution >= 0.6 is 0 Å². The molecular weight excluding hydrogens is 219 g/mol. The zero-order valence-electron chi connectivity index (χ0n) is 9.83. The number of ether oxygens (including phenoxy) is 1. The van der Waals surface area contributed by atoms with E-state index < -0.39 is 0 Å². The Balaban J connectivity index is 2.35. The summed E-state index contributed by atoms with van der Waals surface area (Å²) >= 11 is 0. The summed E-state index contributed by atoms with van der Waals surface area (Å²) in [5.74, 6) is 0.376. The molecule has 0 bridgehead atoms. The molecule has 0 radical (unpaired) electrons. The fourth-order valence-electron chi connectivity index (χ4n) is 1.82. The predicted octanol–water partition coefficient (Wildman–Crippen LogP) is 3.01. The lowest BCUT2D eigenvalue weighted by Crippen LogP contribution is -2.07. The number of rotatable bonds is 3. The first-order chi connectivity index (χ1) is 8.11. The molecule has 1 aliphatic heterocycles. The average Bonchev–Trinajstić information content (AvgIpc) is 2.69. The maximum atomic E-state index is 13.3.